The van der Waals surface area contributed by atoms with Gasteiger partial charge in [-0.25, -0.2) is 4.39 Å². The van der Waals surface area contributed by atoms with Gasteiger partial charge in [-0.15, -0.1) is 0 Å². The predicted octanol–water partition coefficient (Wildman–Crippen LogP) is 3.51. The Morgan fingerprint density at radius 1 is 1.16 bits per heavy atom. The largest absolute Gasteiger partial charge is 0.493 e. The van der Waals surface area contributed by atoms with Crippen LogP contribution in [0.1, 0.15) is 11.1 Å². The number of hydrogen-bond acceptors (Lipinski definition) is 3. The van der Waals surface area contributed by atoms with Crippen LogP contribution in [-0.2, 0) is 17.6 Å². The fourth-order valence-corrected chi connectivity index (χ4v) is 2.94. The number of methoxy groups -OCH3 is 2. The topological polar surface area (TPSA) is 47.6 Å². The van der Waals surface area contributed by atoms with Crippen molar-refractivity contribution in [1.29, 1.82) is 0 Å². The fourth-order valence-electron chi connectivity index (χ4n) is 2.43. The number of halogens is 2. The minimum absolute atomic E-state index is 0.163. The van der Waals surface area contributed by atoms with E-state index in [-0.39, 0.29) is 11.7 Å². The van der Waals surface area contributed by atoms with Gasteiger partial charge in [-0.1, -0.05) is 40.2 Å². The molecule has 0 aliphatic heterocycles. The number of rotatable bonds is 8. The molecule has 0 aliphatic rings. The lowest BCUT2D eigenvalue weighted by Gasteiger charge is -2.12. The van der Waals surface area contributed by atoms with E-state index in [1.807, 2.05) is 18.2 Å². The fraction of sp³-hybridized carbons (Fsp3) is 0.316. The molecule has 2 aromatic carbocycles. The number of benzene rings is 2. The summed E-state index contributed by atoms with van der Waals surface area (Å²) in [5, 5.41) is 2.86. The molecule has 1 amide bonds. The summed E-state index contributed by atoms with van der Waals surface area (Å²) in [5.74, 6) is 0.860. The molecule has 2 aromatic rings. The molecule has 0 saturated heterocycles. The van der Waals surface area contributed by atoms with Crippen LogP contribution < -0.4 is 14.8 Å². The van der Waals surface area contributed by atoms with Crippen molar-refractivity contribution in [1.82, 2.24) is 5.32 Å². The number of carbonyl (C=O) groups excluding carboxylic acids is 1. The minimum atomic E-state index is -0.477. The summed E-state index contributed by atoms with van der Waals surface area (Å²) in [5.41, 5.74) is 1.54. The molecule has 0 bridgehead atoms. The lowest BCUT2D eigenvalue weighted by molar-refractivity contribution is -0.120. The van der Waals surface area contributed by atoms with Gasteiger partial charge in [0.25, 0.3) is 0 Å². The van der Waals surface area contributed by atoms with Gasteiger partial charge >= 0.3 is 0 Å². The molecule has 4 nitrogen and oxygen atoms in total. The van der Waals surface area contributed by atoms with Crippen LogP contribution in [0.5, 0.6) is 11.5 Å². The van der Waals surface area contributed by atoms with Crippen LogP contribution in [0.25, 0.3) is 0 Å². The van der Waals surface area contributed by atoms with E-state index >= 15 is 0 Å². The zero-order valence-corrected chi connectivity index (χ0v) is 15.8. The summed E-state index contributed by atoms with van der Waals surface area (Å²) in [4.78, 5) is 11.7. The molecule has 0 radical (unpaired) electrons. The molecule has 0 fully saturated rings. The Labute approximate surface area is 155 Å². The highest BCUT2D eigenvalue weighted by Crippen LogP contribution is 2.27. The van der Waals surface area contributed by atoms with Gasteiger partial charge < -0.3 is 14.8 Å². The highest BCUT2D eigenvalue weighted by molar-refractivity contribution is 9.10. The van der Waals surface area contributed by atoms with Gasteiger partial charge in [0, 0.05) is 6.54 Å². The Balaban J connectivity index is 1.84. The van der Waals surface area contributed by atoms with E-state index in [4.69, 9.17) is 9.47 Å². The summed E-state index contributed by atoms with van der Waals surface area (Å²) < 4.78 is 24.1. The highest BCUT2D eigenvalue weighted by Gasteiger charge is 2.16. The summed E-state index contributed by atoms with van der Waals surface area (Å²) in [6.45, 7) is 0.480. The van der Waals surface area contributed by atoms with Crippen molar-refractivity contribution in [2.45, 2.75) is 17.7 Å². The van der Waals surface area contributed by atoms with E-state index in [0.29, 0.717) is 36.4 Å². The zero-order valence-electron chi connectivity index (χ0n) is 14.2. The van der Waals surface area contributed by atoms with Crippen molar-refractivity contribution in [2.75, 3.05) is 20.8 Å². The first-order valence-corrected chi connectivity index (χ1v) is 8.82. The van der Waals surface area contributed by atoms with Crippen LogP contribution in [0, 0.1) is 5.82 Å². The second-order valence-electron chi connectivity index (χ2n) is 5.49. The SMILES string of the molecule is COc1ccc(CCNC(=O)C(Br)Cc2ccccc2F)cc1OC. The number of hydrogen-bond donors (Lipinski definition) is 1. The van der Waals surface area contributed by atoms with Crippen molar-refractivity contribution in [3.05, 3.63) is 59.4 Å². The van der Waals surface area contributed by atoms with E-state index in [0.717, 1.165) is 5.56 Å². The van der Waals surface area contributed by atoms with E-state index in [1.165, 1.54) is 6.07 Å². The second kappa shape index (κ2) is 9.42. The highest BCUT2D eigenvalue weighted by atomic mass is 79.9. The van der Waals surface area contributed by atoms with Gasteiger partial charge in [-0.05, 0) is 42.2 Å². The molecule has 134 valence electrons. The van der Waals surface area contributed by atoms with Gasteiger partial charge in [-0.3, -0.25) is 4.79 Å². The molecule has 1 atom stereocenters. The Kier molecular flexibility index (Phi) is 7.25. The maximum absolute atomic E-state index is 13.6. The van der Waals surface area contributed by atoms with Crippen molar-refractivity contribution in [3.63, 3.8) is 0 Å². The molecule has 25 heavy (non-hydrogen) atoms. The maximum Gasteiger partial charge on any atom is 0.234 e. The molecular weight excluding hydrogens is 389 g/mol. The van der Waals surface area contributed by atoms with Gasteiger partial charge in [0.2, 0.25) is 5.91 Å². The Bertz CT molecular complexity index is 724. The average Bonchev–Trinajstić information content (AvgIpc) is 2.63. The van der Waals surface area contributed by atoms with Crippen LogP contribution in [0.15, 0.2) is 42.5 Å². The van der Waals surface area contributed by atoms with Gasteiger partial charge in [-0.2, -0.15) is 0 Å². The standard InChI is InChI=1S/C19H21BrFNO3/c1-24-17-8-7-13(11-18(17)25-2)9-10-22-19(23)15(20)12-14-5-3-4-6-16(14)21/h3-8,11,15H,9-10,12H2,1-2H3,(H,22,23). The van der Waals surface area contributed by atoms with Crippen molar-refractivity contribution < 1.29 is 18.7 Å². The van der Waals surface area contributed by atoms with Gasteiger partial charge in [0.1, 0.15) is 5.82 Å². The van der Waals surface area contributed by atoms with Crippen LogP contribution in [-0.4, -0.2) is 31.5 Å². The molecular formula is C19H21BrFNO3. The molecule has 6 heteroatoms. The lowest BCUT2D eigenvalue weighted by Crippen LogP contribution is -2.33. The third kappa shape index (κ3) is 5.46. The number of ether oxygens (including phenoxy) is 2. The van der Waals surface area contributed by atoms with E-state index in [2.05, 4.69) is 21.2 Å². The molecule has 1 unspecified atom stereocenters. The third-order valence-corrected chi connectivity index (χ3v) is 4.54. The van der Waals surface area contributed by atoms with Crippen molar-refractivity contribution >= 4 is 21.8 Å². The predicted molar refractivity (Wildman–Crippen MR) is 99.1 cm³/mol. The van der Waals surface area contributed by atoms with Crippen LogP contribution in [0.4, 0.5) is 4.39 Å². The lowest BCUT2D eigenvalue weighted by atomic mass is 10.1. The zero-order chi connectivity index (χ0) is 18.2. The molecule has 0 spiro atoms. The molecule has 2 rings (SSSR count). The van der Waals surface area contributed by atoms with Crippen LogP contribution in [0.2, 0.25) is 0 Å². The third-order valence-electron chi connectivity index (χ3n) is 3.80. The second-order valence-corrected chi connectivity index (χ2v) is 6.60. The smallest absolute Gasteiger partial charge is 0.234 e. The molecule has 0 saturated carbocycles. The van der Waals surface area contributed by atoms with Crippen LogP contribution in [0.3, 0.4) is 0 Å². The normalized spacial score (nSPS) is 11.7. The Morgan fingerprint density at radius 3 is 2.56 bits per heavy atom. The summed E-state index contributed by atoms with van der Waals surface area (Å²) >= 11 is 3.33. The molecule has 0 heterocycles. The first-order valence-electron chi connectivity index (χ1n) is 7.91. The van der Waals surface area contributed by atoms with E-state index in [1.54, 1.807) is 32.4 Å². The van der Waals surface area contributed by atoms with Crippen molar-refractivity contribution in [3.8, 4) is 11.5 Å². The Morgan fingerprint density at radius 2 is 1.88 bits per heavy atom. The number of alkyl halides is 1. The average molecular weight is 410 g/mol. The van der Waals surface area contributed by atoms with E-state index < -0.39 is 4.83 Å². The van der Waals surface area contributed by atoms with Crippen molar-refractivity contribution in [2.24, 2.45) is 0 Å². The number of carbonyl (C=O) groups is 1. The number of amides is 1. The summed E-state index contributed by atoms with van der Waals surface area (Å²) in [6.07, 6.45) is 0.959. The summed E-state index contributed by atoms with van der Waals surface area (Å²) in [6, 6.07) is 12.1. The minimum Gasteiger partial charge on any atom is -0.493 e. The van der Waals surface area contributed by atoms with Gasteiger partial charge in [0.05, 0.1) is 19.0 Å². The quantitative estimate of drug-likeness (QED) is 0.678. The first-order chi connectivity index (χ1) is 12.0. The molecule has 0 aliphatic carbocycles. The first kappa shape index (κ1) is 19.2. The van der Waals surface area contributed by atoms with E-state index in [9.17, 15) is 9.18 Å². The summed E-state index contributed by atoms with van der Waals surface area (Å²) in [7, 11) is 3.17. The maximum atomic E-state index is 13.6. The monoisotopic (exact) mass is 409 g/mol. The molecule has 0 aromatic heterocycles. The number of nitrogens with one attached hydrogen (secondary N) is 1. The Hall–Kier alpha value is -2.08. The van der Waals surface area contributed by atoms with Crippen LogP contribution >= 0.6 is 15.9 Å². The molecule has 1 N–H and O–H groups in total. The van der Waals surface area contributed by atoms with Gasteiger partial charge in [0.15, 0.2) is 11.5 Å².